The summed E-state index contributed by atoms with van der Waals surface area (Å²) < 4.78 is 15.6. The van der Waals surface area contributed by atoms with Gasteiger partial charge >= 0.3 is 0 Å². The van der Waals surface area contributed by atoms with Crippen LogP contribution in [0.15, 0.2) is 24.3 Å². The van der Waals surface area contributed by atoms with Crippen molar-refractivity contribution in [3.8, 4) is 17.2 Å². The van der Waals surface area contributed by atoms with E-state index in [1.54, 1.807) is 26.2 Å². The number of hydrogen-bond acceptors (Lipinski definition) is 4. The van der Waals surface area contributed by atoms with Crippen LogP contribution in [0.3, 0.4) is 0 Å². The molecule has 0 saturated heterocycles. The highest BCUT2D eigenvalue weighted by atomic mass is 16.5. The van der Waals surface area contributed by atoms with E-state index in [0.717, 1.165) is 0 Å². The number of benzene rings is 1. The van der Waals surface area contributed by atoms with Crippen LogP contribution in [0.2, 0.25) is 0 Å². The highest BCUT2D eigenvalue weighted by Gasteiger charge is 2.20. The molecule has 0 aliphatic heterocycles. The SMILES string of the molecule is C=C(C)C(O)c1c(OC)cc(OC)cc1OC. The molecule has 17 heavy (non-hydrogen) atoms. The second kappa shape index (κ2) is 5.59. The molecule has 0 spiro atoms. The lowest BCUT2D eigenvalue weighted by molar-refractivity contribution is 0.204. The fourth-order valence-corrected chi connectivity index (χ4v) is 1.55. The Kier molecular flexibility index (Phi) is 4.40. The summed E-state index contributed by atoms with van der Waals surface area (Å²) in [5.74, 6) is 1.63. The van der Waals surface area contributed by atoms with Gasteiger partial charge in [0.25, 0.3) is 0 Å². The van der Waals surface area contributed by atoms with E-state index in [-0.39, 0.29) is 0 Å². The van der Waals surface area contributed by atoms with Crippen molar-refractivity contribution in [1.82, 2.24) is 0 Å². The number of ether oxygens (including phenoxy) is 3. The third-order valence-electron chi connectivity index (χ3n) is 2.49. The first kappa shape index (κ1) is 13.4. The molecule has 1 rings (SSSR count). The predicted molar refractivity (Wildman–Crippen MR) is 65.9 cm³/mol. The van der Waals surface area contributed by atoms with E-state index in [9.17, 15) is 5.11 Å². The molecule has 0 saturated carbocycles. The first-order chi connectivity index (χ1) is 8.04. The molecule has 0 heterocycles. The minimum absolute atomic E-state index is 0.511. The molecule has 4 heteroatoms. The molecule has 0 fully saturated rings. The van der Waals surface area contributed by atoms with Crippen molar-refractivity contribution in [2.75, 3.05) is 21.3 Å². The lowest BCUT2D eigenvalue weighted by atomic mass is 10.0. The summed E-state index contributed by atoms with van der Waals surface area (Å²) >= 11 is 0. The lowest BCUT2D eigenvalue weighted by Crippen LogP contribution is -2.05. The molecule has 1 aromatic carbocycles. The average molecular weight is 238 g/mol. The van der Waals surface area contributed by atoms with E-state index in [4.69, 9.17) is 14.2 Å². The van der Waals surface area contributed by atoms with Crippen LogP contribution in [0.25, 0.3) is 0 Å². The van der Waals surface area contributed by atoms with Gasteiger partial charge in [-0.2, -0.15) is 0 Å². The quantitative estimate of drug-likeness (QED) is 0.800. The number of hydrogen-bond donors (Lipinski definition) is 1. The molecule has 0 bridgehead atoms. The number of methoxy groups -OCH3 is 3. The summed E-state index contributed by atoms with van der Waals surface area (Å²) in [7, 11) is 4.62. The van der Waals surface area contributed by atoms with E-state index in [2.05, 4.69) is 6.58 Å². The van der Waals surface area contributed by atoms with Crippen molar-refractivity contribution in [3.63, 3.8) is 0 Å². The highest BCUT2D eigenvalue weighted by Crippen LogP contribution is 2.40. The third kappa shape index (κ3) is 2.71. The molecule has 4 nitrogen and oxygen atoms in total. The number of rotatable bonds is 5. The Morgan fingerprint density at radius 1 is 1.12 bits per heavy atom. The Bertz CT molecular complexity index is 387. The second-order valence-corrected chi connectivity index (χ2v) is 3.69. The maximum atomic E-state index is 10.1. The van der Waals surface area contributed by atoms with Gasteiger partial charge in [0.15, 0.2) is 0 Å². The summed E-state index contributed by atoms with van der Waals surface area (Å²) in [6.07, 6.45) is -0.828. The molecule has 0 aromatic heterocycles. The molecule has 0 aliphatic rings. The topological polar surface area (TPSA) is 47.9 Å². The van der Waals surface area contributed by atoms with Crippen molar-refractivity contribution in [1.29, 1.82) is 0 Å². The van der Waals surface area contributed by atoms with Gasteiger partial charge in [-0.3, -0.25) is 0 Å². The van der Waals surface area contributed by atoms with Crippen LogP contribution in [-0.4, -0.2) is 26.4 Å². The highest BCUT2D eigenvalue weighted by molar-refractivity contribution is 5.53. The Morgan fingerprint density at radius 2 is 1.59 bits per heavy atom. The van der Waals surface area contributed by atoms with Crippen LogP contribution in [0.4, 0.5) is 0 Å². The van der Waals surface area contributed by atoms with Gasteiger partial charge in [-0.1, -0.05) is 6.58 Å². The van der Waals surface area contributed by atoms with Gasteiger partial charge in [0.1, 0.15) is 23.4 Å². The lowest BCUT2D eigenvalue weighted by Gasteiger charge is -2.19. The maximum absolute atomic E-state index is 10.1. The van der Waals surface area contributed by atoms with Gasteiger partial charge in [-0.25, -0.2) is 0 Å². The molecular formula is C13H18O4. The Balaban J connectivity index is 3.39. The summed E-state index contributed by atoms with van der Waals surface area (Å²) in [6.45, 7) is 5.48. The standard InChI is InChI=1S/C13H18O4/c1-8(2)13(14)12-10(16-4)6-9(15-3)7-11(12)17-5/h6-7,13-14H,1H2,2-5H3. The van der Waals surface area contributed by atoms with Crippen LogP contribution >= 0.6 is 0 Å². The minimum Gasteiger partial charge on any atom is -0.496 e. The normalized spacial score (nSPS) is 11.8. The van der Waals surface area contributed by atoms with Crippen molar-refractivity contribution < 1.29 is 19.3 Å². The summed E-state index contributed by atoms with van der Waals surface area (Å²) in [5, 5.41) is 10.1. The molecule has 0 amide bonds. The van der Waals surface area contributed by atoms with E-state index in [0.29, 0.717) is 28.4 Å². The van der Waals surface area contributed by atoms with E-state index in [1.807, 2.05) is 0 Å². The Morgan fingerprint density at radius 3 is 1.88 bits per heavy atom. The van der Waals surface area contributed by atoms with Gasteiger partial charge in [0, 0.05) is 12.1 Å². The monoisotopic (exact) mass is 238 g/mol. The van der Waals surface area contributed by atoms with Crippen molar-refractivity contribution in [2.24, 2.45) is 0 Å². The van der Waals surface area contributed by atoms with Crippen molar-refractivity contribution in [2.45, 2.75) is 13.0 Å². The summed E-state index contributed by atoms with van der Waals surface area (Å²) in [6, 6.07) is 3.40. The van der Waals surface area contributed by atoms with Crippen LogP contribution in [0.1, 0.15) is 18.6 Å². The molecular weight excluding hydrogens is 220 g/mol. The van der Waals surface area contributed by atoms with Crippen molar-refractivity contribution in [3.05, 3.63) is 29.8 Å². The number of aliphatic hydroxyl groups is 1. The van der Waals surface area contributed by atoms with Crippen LogP contribution < -0.4 is 14.2 Å². The van der Waals surface area contributed by atoms with Gasteiger partial charge in [0.05, 0.1) is 26.9 Å². The zero-order valence-electron chi connectivity index (χ0n) is 10.6. The first-order valence-corrected chi connectivity index (χ1v) is 5.18. The first-order valence-electron chi connectivity index (χ1n) is 5.18. The second-order valence-electron chi connectivity index (χ2n) is 3.69. The van der Waals surface area contributed by atoms with Crippen LogP contribution in [0, 0.1) is 0 Å². The van der Waals surface area contributed by atoms with E-state index < -0.39 is 6.10 Å². The smallest absolute Gasteiger partial charge is 0.132 e. The fraction of sp³-hybridized carbons (Fsp3) is 0.385. The summed E-state index contributed by atoms with van der Waals surface area (Å²) in [5.41, 5.74) is 1.18. The predicted octanol–water partition coefficient (Wildman–Crippen LogP) is 2.32. The molecule has 1 unspecified atom stereocenters. The van der Waals surface area contributed by atoms with E-state index >= 15 is 0 Å². The third-order valence-corrected chi connectivity index (χ3v) is 2.49. The Hall–Kier alpha value is -1.68. The van der Waals surface area contributed by atoms with Gasteiger partial charge in [0.2, 0.25) is 0 Å². The average Bonchev–Trinajstić information content (AvgIpc) is 2.35. The number of aliphatic hydroxyl groups excluding tert-OH is 1. The Labute approximate surface area is 101 Å². The zero-order valence-corrected chi connectivity index (χ0v) is 10.6. The van der Waals surface area contributed by atoms with Crippen molar-refractivity contribution >= 4 is 0 Å². The fourth-order valence-electron chi connectivity index (χ4n) is 1.55. The van der Waals surface area contributed by atoms with Gasteiger partial charge in [-0.15, -0.1) is 0 Å². The minimum atomic E-state index is -0.828. The van der Waals surface area contributed by atoms with Gasteiger partial charge < -0.3 is 19.3 Å². The van der Waals surface area contributed by atoms with Crippen LogP contribution in [0.5, 0.6) is 17.2 Å². The molecule has 1 atom stereocenters. The molecule has 1 N–H and O–H groups in total. The molecule has 0 aliphatic carbocycles. The van der Waals surface area contributed by atoms with Crippen LogP contribution in [-0.2, 0) is 0 Å². The zero-order chi connectivity index (χ0) is 13.0. The molecule has 94 valence electrons. The maximum Gasteiger partial charge on any atom is 0.132 e. The largest absolute Gasteiger partial charge is 0.496 e. The van der Waals surface area contributed by atoms with E-state index in [1.165, 1.54) is 14.2 Å². The van der Waals surface area contributed by atoms with Gasteiger partial charge in [-0.05, 0) is 12.5 Å². The molecule has 0 radical (unpaired) electrons. The summed E-state index contributed by atoms with van der Waals surface area (Å²) in [4.78, 5) is 0. The molecule has 1 aromatic rings.